The molecule has 4 aliphatic rings. The van der Waals surface area contributed by atoms with Crippen LogP contribution in [0, 0.1) is 23.7 Å². The number of carbonyl (C=O) groups is 1. The molecule has 0 aromatic rings. The van der Waals surface area contributed by atoms with Crippen molar-refractivity contribution in [3.05, 3.63) is 0 Å². The number of ether oxygens (including phenoxy) is 7. The molecule has 4 fully saturated rings. The zero-order valence-corrected chi connectivity index (χ0v) is 31.6. The van der Waals surface area contributed by atoms with E-state index in [1.165, 1.54) is 14.0 Å². The summed E-state index contributed by atoms with van der Waals surface area (Å²) < 4.78 is 44.6. The number of methoxy groups -OCH3 is 1. The lowest BCUT2D eigenvalue weighted by atomic mass is 9.76. The summed E-state index contributed by atoms with van der Waals surface area (Å²) in [5, 5.41) is 48.8. The Bertz CT molecular complexity index is 1110. The third-order valence-corrected chi connectivity index (χ3v) is 12.1. The Kier molecular flexibility index (Phi) is 13.0. The van der Waals surface area contributed by atoms with Crippen molar-refractivity contribution in [2.24, 2.45) is 23.7 Å². The molecule has 0 radical (unpaired) electrons. The molecule has 0 amide bonds. The highest BCUT2D eigenvalue weighted by Crippen LogP contribution is 2.48. The molecule has 19 atom stereocenters. The number of hydrogen-bond donors (Lipinski definition) is 5. The first-order valence-corrected chi connectivity index (χ1v) is 18.2. The van der Waals surface area contributed by atoms with Gasteiger partial charge in [-0.05, 0) is 73.8 Å². The molecule has 0 aliphatic carbocycles. The molecule has 4 rings (SSSR count). The predicted molar refractivity (Wildman–Crippen MR) is 179 cm³/mol. The van der Waals surface area contributed by atoms with Crippen LogP contribution in [0.3, 0.4) is 0 Å². The van der Waals surface area contributed by atoms with E-state index in [0.29, 0.717) is 12.8 Å². The van der Waals surface area contributed by atoms with E-state index in [1.54, 1.807) is 34.7 Å². The van der Waals surface area contributed by atoms with Gasteiger partial charge >= 0.3 is 5.97 Å². The zero-order chi connectivity index (χ0) is 36.8. The van der Waals surface area contributed by atoms with Crippen LogP contribution in [0.1, 0.15) is 94.9 Å². The van der Waals surface area contributed by atoms with Crippen LogP contribution < -0.4 is 5.32 Å². The molecule has 5 N–H and O–H groups in total. The fourth-order valence-electron chi connectivity index (χ4n) is 9.00. The number of esters is 1. The molecule has 0 saturated carbocycles. The van der Waals surface area contributed by atoms with Crippen molar-refractivity contribution >= 4 is 5.97 Å². The highest BCUT2D eigenvalue weighted by Gasteiger charge is 2.58. The number of cyclic esters (lactones) is 1. The molecule has 49 heavy (non-hydrogen) atoms. The van der Waals surface area contributed by atoms with Gasteiger partial charge in [0.1, 0.15) is 23.9 Å². The summed E-state index contributed by atoms with van der Waals surface area (Å²) in [6.07, 6.45) is -7.56. The molecule has 286 valence electrons. The van der Waals surface area contributed by atoms with Gasteiger partial charge in [-0.2, -0.15) is 0 Å². The van der Waals surface area contributed by atoms with E-state index in [9.17, 15) is 25.2 Å². The second kappa shape index (κ2) is 15.6. The summed E-state index contributed by atoms with van der Waals surface area (Å²) in [6.45, 7) is 18.2. The van der Waals surface area contributed by atoms with Crippen LogP contribution in [0.4, 0.5) is 0 Å². The van der Waals surface area contributed by atoms with Crippen molar-refractivity contribution in [1.29, 1.82) is 0 Å². The molecule has 13 heteroatoms. The normalized spacial score (nSPS) is 53.3. The maximum atomic E-state index is 14.1. The number of fused-ring (bicyclic) bond motifs is 2. The SMILES string of the molecule is CC[C@H]1OC(=O)[C@H](C)[C@@H](O[C@H]2C[C@@](C)(OC)[C@@H](O)[C@H](C)O2)[C@H](C)[C@@H](O[C@@H]2O[C@H](C)C[C@H](NC)[C@H]2O)[C@]2(C)CC(C)C(O2)[C@H](C)[C@@H](O)[C@]1(C)O. The minimum absolute atomic E-state index is 0.0567. The van der Waals surface area contributed by atoms with E-state index in [4.69, 9.17) is 33.2 Å². The average molecular weight is 704 g/mol. The highest BCUT2D eigenvalue weighted by molar-refractivity contribution is 5.73. The van der Waals surface area contributed by atoms with Crippen molar-refractivity contribution in [2.75, 3.05) is 14.2 Å². The fourth-order valence-corrected chi connectivity index (χ4v) is 9.00. The number of carbonyl (C=O) groups excluding carboxylic acids is 1. The molecule has 0 aromatic heterocycles. The molecule has 0 aromatic carbocycles. The van der Waals surface area contributed by atoms with Crippen LogP contribution in [0.2, 0.25) is 0 Å². The van der Waals surface area contributed by atoms with Gasteiger partial charge in [0, 0.05) is 31.4 Å². The smallest absolute Gasteiger partial charge is 0.311 e. The van der Waals surface area contributed by atoms with Crippen molar-refractivity contribution in [3.8, 4) is 0 Å². The summed E-state index contributed by atoms with van der Waals surface area (Å²) in [5.41, 5.74) is -3.76. The second-order valence-electron chi connectivity index (χ2n) is 16.1. The van der Waals surface area contributed by atoms with Crippen LogP contribution >= 0.6 is 0 Å². The van der Waals surface area contributed by atoms with E-state index in [2.05, 4.69) is 12.2 Å². The monoisotopic (exact) mass is 703 g/mol. The van der Waals surface area contributed by atoms with Gasteiger partial charge < -0.3 is 58.9 Å². The van der Waals surface area contributed by atoms with Crippen molar-refractivity contribution in [2.45, 2.75) is 185 Å². The highest BCUT2D eigenvalue weighted by atomic mass is 16.7. The summed E-state index contributed by atoms with van der Waals surface area (Å²) in [4.78, 5) is 14.1. The van der Waals surface area contributed by atoms with Gasteiger partial charge in [0.05, 0.1) is 53.7 Å². The third-order valence-electron chi connectivity index (χ3n) is 12.1. The maximum absolute atomic E-state index is 14.1. The molecule has 4 saturated heterocycles. The van der Waals surface area contributed by atoms with Crippen LogP contribution in [0.5, 0.6) is 0 Å². The first kappa shape index (κ1) is 40.8. The lowest BCUT2D eigenvalue weighted by Gasteiger charge is -2.48. The summed E-state index contributed by atoms with van der Waals surface area (Å²) in [6, 6.07) is -0.276. The number of aliphatic hydroxyl groups is 4. The minimum atomic E-state index is -1.78. The third kappa shape index (κ3) is 8.02. The predicted octanol–water partition coefficient (Wildman–Crippen LogP) is 2.28. The van der Waals surface area contributed by atoms with Gasteiger partial charge in [0.2, 0.25) is 0 Å². The number of nitrogens with one attached hydrogen (secondary N) is 1. The van der Waals surface area contributed by atoms with E-state index in [1.807, 2.05) is 27.7 Å². The molecule has 2 bridgehead atoms. The minimum Gasteiger partial charge on any atom is -0.459 e. The van der Waals surface area contributed by atoms with Crippen LogP contribution in [0.15, 0.2) is 0 Å². The molecular formula is C36H65NO12. The Labute approximate surface area is 292 Å². The Hall–Kier alpha value is -0.970. The van der Waals surface area contributed by atoms with Crippen molar-refractivity contribution in [3.63, 3.8) is 0 Å². The Morgan fingerprint density at radius 3 is 2.18 bits per heavy atom. The average Bonchev–Trinajstić information content (AvgIpc) is 3.37. The number of likely N-dealkylation sites (N-methyl/N-ethyl adjacent to an activating group) is 1. The lowest BCUT2D eigenvalue weighted by molar-refractivity contribution is -0.316. The topological polar surface area (TPSA) is 175 Å². The zero-order valence-electron chi connectivity index (χ0n) is 31.6. The lowest BCUT2D eigenvalue weighted by Crippen LogP contribution is -2.60. The maximum Gasteiger partial charge on any atom is 0.311 e. The van der Waals surface area contributed by atoms with Gasteiger partial charge in [-0.15, -0.1) is 0 Å². The summed E-state index contributed by atoms with van der Waals surface area (Å²) in [5.74, 6) is -2.72. The first-order valence-electron chi connectivity index (χ1n) is 18.2. The number of aliphatic hydroxyl groups excluding tert-OH is 3. The van der Waals surface area contributed by atoms with Crippen LogP contribution in [-0.2, 0) is 38.0 Å². The van der Waals surface area contributed by atoms with E-state index in [0.717, 1.165) is 0 Å². The van der Waals surface area contributed by atoms with Crippen LogP contribution in [0.25, 0.3) is 0 Å². The molecular weight excluding hydrogens is 638 g/mol. The van der Waals surface area contributed by atoms with E-state index in [-0.39, 0.29) is 30.9 Å². The van der Waals surface area contributed by atoms with Gasteiger partial charge in [-0.1, -0.05) is 27.7 Å². The van der Waals surface area contributed by atoms with Gasteiger partial charge in [-0.3, -0.25) is 4.79 Å². The molecule has 4 aliphatic heterocycles. The number of hydrogen-bond acceptors (Lipinski definition) is 13. The molecule has 13 nitrogen and oxygen atoms in total. The van der Waals surface area contributed by atoms with Gasteiger partial charge in [0.25, 0.3) is 0 Å². The standard InChI is InChI=1S/C36H65NO12/c1-13-24-36(10,42)29(39)19(4)27-17(2)15-35(9,49-27)31(48-33-26(38)23(37-11)14-18(3)44-33)20(5)28(21(6)32(41)46-24)47-25-16-34(8,43-12)30(40)22(7)45-25/h17-31,33,37-40,42H,13-16H2,1-12H3/t17?,18-,19+,20+,21-,22+,23+,24-,25+,26-,27?,28+,29-,30+,31-,33+,34-,35+,36-/m1/s1. The largest absolute Gasteiger partial charge is 0.459 e. The fraction of sp³-hybridized carbons (Fsp3) is 0.972. The van der Waals surface area contributed by atoms with Crippen molar-refractivity contribution < 1.29 is 58.4 Å². The Morgan fingerprint density at radius 2 is 1.59 bits per heavy atom. The van der Waals surface area contributed by atoms with E-state index >= 15 is 0 Å². The van der Waals surface area contributed by atoms with Crippen LogP contribution in [-0.4, -0.2) is 131 Å². The Morgan fingerprint density at radius 1 is 0.939 bits per heavy atom. The summed E-state index contributed by atoms with van der Waals surface area (Å²) in [7, 11) is 3.32. The molecule has 2 unspecified atom stereocenters. The van der Waals surface area contributed by atoms with E-state index < -0.39 is 102 Å². The van der Waals surface area contributed by atoms with Crippen molar-refractivity contribution in [1.82, 2.24) is 5.32 Å². The quantitative estimate of drug-likeness (QED) is 0.245. The first-order chi connectivity index (χ1) is 22.7. The van der Waals surface area contributed by atoms with Gasteiger partial charge in [0.15, 0.2) is 12.6 Å². The summed E-state index contributed by atoms with van der Waals surface area (Å²) >= 11 is 0. The Balaban J connectivity index is 1.83. The van der Waals surface area contributed by atoms with Gasteiger partial charge in [-0.25, -0.2) is 0 Å². The molecule has 4 heterocycles. The second-order valence-corrected chi connectivity index (χ2v) is 16.1. The number of rotatable bonds is 7. The molecule has 0 spiro atoms.